The second-order valence-corrected chi connectivity index (χ2v) is 14.3. The predicted octanol–water partition coefficient (Wildman–Crippen LogP) is 8.92. The molecule has 0 fully saturated rings. The summed E-state index contributed by atoms with van der Waals surface area (Å²) in [6.07, 6.45) is 27.2. The van der Waals surface area contributed by atoms with Crippen LogP contribution in [0, 0.1) is 0 Å². The molecule has 0 aromatic heterocycles. The normalized spacial score (nSPS) is 13.9. The highest BCUT2D eigenvalue weighted by molar-refractivity contribution is 5.81. The highest BCUT2D eigenvalue weighted by atomic mass is 16.5. The third kappa shape index (κ3) is 30.8. The van der Waals surface area contributed by atoms with E-state index < -0.39 is 55.2 Å². The van der Waals surface area contributed by atoms with Gasteiger partial charge in [0.1, 0.15) is 18.8 Å². The number of carbonyl (C=O) groups is 3. The standard InChI is InChI=1S/C40H77NO8/c1-3-5-7-9-11-13-15-17-18-20-22-24-26-28-30-36(43)40(48)41-34(33-49-38(46)32-31-37(44)45)39(47)35(42)29-27-25-23-21-19-16-14-12-10-8-6-4-2/h34-36,39,42-43,47H,3-33H2,1-2H3,(H,41,48)(H,44,45)/t34?,35-,36?,39+/m1/s1. The van der Waals surface area contributed by atoms with Crippen LogP contribution in [0.5, 0.6) is 0 Å². The molecule has 0 aliphatic rings. The number of nitrogens with one attached hydrogen (secondary N) is 1. The van der Waals surface area contributed by atoms with Gasteiger partial charge in [0.25, 0.3) is 0 Å². The van der Waals surface area contributed by atoms with E-state index in [4.69, 9.17) is 9.84 Å². The fourth-order valence-electron chi connectivity index (χ4n) is 6.27. The molecule has 0 saturated carbocycles. The molecule has 0 aliphatic heterocycles. The molecular weight excluding hydrogens is 622 g/mol. The third-order valence-electron chi connectivity index (χ3n) is 9.59. The van der Waals surface area contributed by atoms with Gasteiger partial charge in [-0.1, -0.05) is 181 Å². The van der Waals surface area contributed by atoms with Gasteiger partial charge in [0.05, 0.1) is 25.0 Å². The van der Waals surface area contributed by atoms with Crippen LogP contribution in [-0.2, 0) is 19.1 Å². The number of aliphatic carboxylic acids is 1. The predicted molar refractivity (Wildman–Crippen MR) is 198 cm³/mol. The minimum Gasteiger partial charge on any atom is -0.481 e. The molecule has 9 heteroatoms. The van der Waals surface area contributed by atoms with Gasteiger partial charge in [-0.3, -0.25) is 14.4 Å². The molecule has 0 rings (SSSR count). The Morgan fingerprint density at radius 3 is 1.29 bits per heavy atom. The van der Waals surface area contributed by atoms with Crippen LogP contribution in [0.1, 0.15) is 206 Å². The number of aliphatic hydroxyl groups is 3. The highest BCUT2D eigenvalue weighted by Crippen LogP contribution is 2.17. The Labute approximate surface area is 299 Å². The number of carboxylic acids is 1. The van der Waals surface area contributed by atoms with Crippen molar-refractivity contribution in [3.63, 3.8) is 0 Å². The maximum absolute atomic E-state index is 12.8. The average molecular weight is 700 g/mol. The van der Waals surface area contributed by atoms with E-state index in [0.717, 1.165) is 44.9 Å². The average Bonchev–Trinajstić information content (AvgIpc) is 3.09. The second kappa shape index (κ2) is 34.7. The van der Waals surface area contributed by atoms with Crippen molar-refractivity contribution in [3.8, 4) is 0 Å². The Morgan fingerprint density at radius 2 is 0.898 bits per heavy atom. The first-order valence-corrected chi connectivity index (χ1v) is 20.4. The Balaban J connectivity index is 4.42. The zero-order chi connectivity index (χ0) is 36.4. The fourth-order valence-corrected chi connectivity index (χ4v) is 6.27. The van der Waals surface area contributed by atoms with Gasteiger partial charge in [-0.2, -0.15) is 0 Å². The maximum Gasteiger partial charge on any atom is 0.306 e. The molecule has 0 saturated heterocycles. The van der Waals surface area contributed by atoms with Crippen LogP contribution in [0.4, 0.5) is 0 Å². The van der Waals surface area contributed by atoms with Gasteiger partial charge in [-0.15, -0.1) is 0 Å². The van der Waals surface area contributed by atoms with Crippen molar-refractivity contribution in [2.45, 2.75) is 231 Å². The topological polar surface area (TPSA) is 153 Å². The van der Waals surface area contributed by atoms with Crippen LogP contribution in [0.15, 0.2) is 0 Å². The Kier molecular flexibility index (Phi) is 33.5. The van der Waals surface area contributed by atoms with Crippen molar-refractivity contribution in [1.82, 2.24) is 5.32 Å². The molecule has 0 spiro atoms. The van der Waals surface area contributed by atoms with Gasteiger partial charge in [-0.25, -0.2) is 0 Å². The van der Waals surface area contributed by atoms with Crippen molar-refractivity contribution in [1.29, 1.82) is 0 Å². The lowest BCUT2D eigenvalue weighted by molar-refractivity contribution is -0.150. The Morgan fingerprint density at radius 1 is 0.531 bits per heavy atom. The summed E-state index contributed by atoms with van der Waals surface area (Å²) in [6.45, 7) is 4.05. The van der Waals surface area contributed by atoms with Gasteiger partial charge < -0.3 is 30.5 Å². The van der Waals surface area contributed by atoms with Crippen LogP contribution in [0.3, 0.4) is 0 Å². The molecule has 0 radical (unpaired) electrons. The molecule has 5 N–H and O–H groups in total. The first-order valence-electron chi connectivity index (χ1n) is 20.4. The highest BCUT2D eigenvalue weighted by Gasteiger charge is 2.30. The molecule has 0 aromatic rings. The molecule has 1 amide bonds. The molecule has 290 valence electrons. The van der Waals surface area contributed by atoms with Crippen molar-refractivity contribution in [3.05, 3.63) is 0 Å². The van der Waals surface area contributed by atoms with Crippen LogP contribution in [0.2, 0.25) is 0 Å². The van der Waals surface area contributed by atoms with Crippen LogP contribution in [0.25, 0.3) is 0 Å². The summed E-state index contributed by atoms with van der Waals surface area (Å²) in [5.41, 5.74) is 0. The molecule has 0 heterocycles. The lowest BCUT2D eigenvalue weighted by Gasteiger charge is -2.28. The minimum absolute atomic E-state index is 0.284. The molecule has 9 nitrogen and oxygen atoms in total. The van der Waals surface area contributed by atoms with Crippen molar-refractivity contribution in [2.24, 2.45) is 0 Å². The Hall–Kier alpha value is -1.71. The molecular formula is C40H77NO8. The number of amides is 1. The first kappa shape index (κ1) is 47.3. The molecule has 4 atom stereocenters. The molecule has 49 heavy (non-hydrogen) atoms. The fraction of sp³-hybridized carbons (Fsp3) is 0.925. The van der Waals surface area contributed by atoms with E-state index in [-0.39, 0.29) is 12.8 Å². The van der Waals surface area contributed by atoms with E-state index >= 15 is 0 Å². The third-order valence-corrected chi connectivity index (χ3v) is 9.59. The summed E-state index contributed by atoms with van der Waals surface area (Å²) in [4.78, 5) is 35.6. The van der Waals surface area contributed by atoms with Gasteiger partial charge in [0.15, 0.2) is 0 Å². The Bertz CT molecular complexity index is 779. The molecule has 0 aliphatic carbocycles. The number of ether oxygens (including phenoxy) is 1. The van der Waals surface area contributed by atoms with Crippen molar-refractivity contribution >= 4 is 17.8 Å². The lowest BCUT2D eigenvalue weighted by atomic mass is 9.99. The number of aliphatic hydroxyl groups excluding tert-OH is 3. The SMILES string of the molecule is CCCCCCCCCCCCCCCCC(O)C(=O)NC(COC(=O)CCC(=O)O)[C@H](O)[C@H](O)CCCCCCCCCCCCCC. The van der Waals surface area contributed by atoms with Gasteiger partial charge in [-0.05, 0) is 12.8 Å². The summed E-state index contributed by atoms with van der Waals surface area (Å²) < 4.78 is 5.14. The lowest BCUT2D eigenvalue weighted by Crippen LogP contribution is -2.53. The van der Waals surface area contributed by atoms with E-state index in [1.54, 1.807) is 0 Å². The quantitative estimate of drug-likeness (QED) is 0.0318. The minimum atomic E-state index is -1.41. The molecule has 0 bridgehead atoms. The number of hydrogen-bond acceptors (Lipinski definition) is 7. The summed E-state index contributed by atoms with van der Waals surface area (Å²) in [5, 5.41) is 43.5. The van der Waals surface area contributed by atoms with E-state index in [0.29, 0.717) is 12.8 Å². The number of unbranched alkanes of at least 4 members (excludes halogenated alkanes) is 24. The van der Waals surface area contributed by atoms with E-state index in [1.165, 1.54) is 116 Å². The van der Waals surface area contributed by atoms with Crippen LogP contribution in [-0.4, -0.2) is 69.2 Å². The van der Waals surface area contributed by atoms with Gasteiger partial charge in [0, 0.05) is 0 Å². The number of rotatable bonds is 37. The largest absolute Gasteiger partial charge is 0.481 e. The summed E-state index contributed by atoms with van der Waals surface area (Å²) in [7, 11) is 0. The van der Waals surface area contributed by atoms with Gasteiger partial charge in [0.2, 0.25) is 5.91 Å². The van der Waals surface area contributed by atoms with Gasteiger partial charge >= 0.3 is 11.9 Å². The maximum atomic E-state index is 12.8. The smallest absolute Gasteiger partial charge is 0.306 e. The van der Waals surface area contributed by atoms with Crippen LogP contribution < -0.4 is 5.32 Å². The number of carbonyl (C=O) groups excluding carboxylic acids is 2. The van der Waals surface area contributed by atoms with Crippen molar-refractivity contribution < 1.29 is 39.5 Å². The van der Waals surface area contributed by atoms with Crippen LogP contribution >= 0.6 is 0 Å². The van der Waals surface area contributed by atoms with Crippen molar-refractivity contribution in [2.75, 3.05) is 6.61 Å². The van der Waals surface area contributed by atoms with E-state index in [9.17, 15) is 29.7 Å². The summed E-state index contributed by atoms with van der Waals surface area (Å²) in [5.74, 6) is -2.59. The van der Waals surface area contributed by atoms with E-state index in [1.807, 2.05) is 0 Å². The summed E-state index contributed by atoms with van der Waals surface area (Å²) in [6, 6.07) is -1.13. The molecule has 2 unspecified atom stereocenters. The zero-order valence-corrected chi connectivity index (χ0v) is 31.7. The molecule has 0 aromatic carbocycles. The first-order chi connectivity index (χ1) is 23.7. The second-order valence-electron chi connectivity index (χ2n) is 14.3. The number of esters is 1. The number of hydrogen-bond donors (Lipinski definition) is 5. The number of carboxylic acid groups (broad SMARTS) is 1. The zero-order valence-electron chi connectivity index (χ0n) is 31.7. The van der Waals surface area contributed by atoms with E-state index in [2.05, 4.69) is 19.2 Å². The monoisotopic (exact) mass is 700 g/mol. The summed E-state index contributed by atoms with van der Waals surface area (Å²) >= 11 is 0.